The minimum atomic E-state index is -3.51. The van der Waals surface area contributed by atoms with Crippen LogP contribution in [0.4, 0.5) is 0 Å². The predicted octanol–water partition coefficient (Wildman–Crippen LogP) is 3.73. The first-order chi connectivity index (χ1) is 11.9. The van der Waals surface area contributed by atoms with Crippen LogP contribution in [0.5, 0.6) is 5.75 Å². The third-order valence-corrected chi connectivity index (χ3v) is 6.12. The fraction of sp³-hybridized carbons (Fsp3) is 0.632. The fourth-order valence-electron chi connectivity index (χ4n) is 3.13. The number of carbonyl (C=O) groups is 1. The van der Waals surface area contributed by atoms with Crippen molar-refractivity contribution in [3.05, 3.63) is 29.8 Å². The van der Waals surface area contributed by atoms with Gasteiger partial charge in [0, 0.05) is 18.5 Å². The van der Waals surface area contributed by atoms with Crippen LogP contribution in [0.25, 0.3) is 0 Å². The maximum Gasteiger partial charge on any atom is 0.308 e. The van der Waals surface area contributed by atoms with E-state index in [1.165, 1.54) is 0 Å². The Morgan fingerprint density at radius 1 is 1.20 bits per heavy atom. The highest BCUT2D eigenvalue weighted by Gasteiger charge is 2.29. The van der Waals surface area contributed by atoms with E-state index in [0.717, 1.165) is 37.7 Å². The number of hydrogen-bond donors (Lipinski definition) is 0. The molecule has 1 aliphatic rings. The Bertz CT molecular complexity index is 663. The summed E-state index contributed by atoms with van der Waals surface area (Å²) in [4.78, 5) is 14.8. The lowest BCUT2D eigenvalue weighted by molar-refractivity contribution is -0.138. The second-order valence-corrected chi connectivity index (χ2v) is 8.64. The van der Waals surface area contributed by atoms with E-state index >= 15 is 0 Å². The summed E-state index contributed by atoms with van der Waals surface area (Å²) in [6, 6.07) is 7.15. The van der Waals surface area contributed by atoms with Crippen LogP contribution in [-0.2, 0) is 21.5 Å². The van der Waals surface area contributed by atoms with Crippen LogP contribution in [0.3, 0.4) is 0 Å². The van der Waals surface area contributed by atoms with Gasteiger partial charge in [-0.25, -0.2) is 0 Å². The van der Waals surface area contributed by atoms with E-state index in [2.05, 4.69) is 13.8 Å². The maximum atomic E-state index is 12.9. The molecule has 1 amide bonds. The minimum absolute atomic E-state index is 0.0631. The molecule has 1 saturated carbocycles. The Morgan fingerprint density at radius 2 is 1.80 bits per heavy atom. The SMILES string of the molecule is CC[C@H](C)N(Cc1ccc(OS(=O)(=O)CC)cc1)C(=O)C1CCCC1. The van der Waals surface area contributed by atoms with E-state index < -0.39 is 10.1 Å². The third kappa shape index (κ3) is 5.46. The topological polar surface area (TPSA) is 63.7 Å². The number of rotatable bonds is 8. The zero-order chi connectivity index (χ0) is 18.4. The van der Waals surface area contributed by atoms with E-state index in [-0.39, 0.29) is 23.6 Å². The van der Waals surface area contributed by atoms with Crippen molar-refractivity contribution in [3.63, 3.8) is 0 Å². The average molecular weight is 368 g/mol. The van der Waals surface area contributed by atoms with Gasteiger partial charge in [-0.3, -0.25) is 4.79 Å². The van der Waals surface area contributed by atoms with Gasteiger partial charge in [-0.05, 0) is 50.8 Å². The highest BCUT2D eigenvalue weighted by Crippen LogP contribution is 2.28. The molecule has 0 aliphatic heterocycles. The molecule has 0 saturated heterocycles. The van der Waals surface area contributed by atoms with Crippen LogP contribution >= 0.6 is 0 Å². The zero-order valence-corrected chi connectivity index (χ0v) is 16.2. The number of benzene rings is 1. The standard InChI is InChI=1S/C19H29NO4S/c1-4-15(3)20(19(21)17-8-6-7-9-17)14-16-10-12-18(13-11-16)24-25(22,23)5-2/h10-13,15,17H,4-9,14H2,1-3H3/t15-/m0/s1. The molecule has 0 unspecified atom stereocenters. The van der Waals surface area contributed by atoms with E-state index in [1.807, 2.05) is 17.0 Å². The molecule has 0 radical (unpaired) electrons. The highest BCUT2D eigenvalue weighted by atomic mass is 32.2. The Balaban J connectivity index is 2.09. The Morgan fingerprint density at radius 3 is 2.32 bits per heavy atom. The van der Waals surface area contributed by atoms with Gasteiger partial charge in [-0.2, -0.15) is 8.42 Å². The first-order valence-corrected chi connectivity index (χ1v) is 10.8. The molecular weight excluding hydrogens is 338 g/mol. The number of nitrogens with zero attached hydrogens (tertiary/aromatic N) is 1. The third-order valence-electron chi connectivity index (χ3n) is 4.96. The average Bonchev–Trinajstić information content (AvgIpc) is 3.14. The van der Waals surface area contributed by atoms with Gasteiger partial charge in [0.15, 0.2) is 0 Å². The van der Waals surface area contributed by atoms with Gasteiger partial charge in [0.25, 0.3) is 0 Å². The van der Waals surface area contributed by atoms with Gasteiger partial charge in [0.05, 0.1) is 5.75 Å². The van der Waals surface area contributed by atoms with Crippen molar-refractivity contribution in [2.45, 2.75) is 65.5 Å². The Labute approximate surface area is 151 Å². The molecule has 1 atom stereocenters. The van der Waals surface area contributed by atoms with E-state index in [1.54, 1.807) is 19.1 Å². The maximum absolute atomic E-state index is 12.9. The van der Waals surface area contributed by atoms with Crippen LogP contribution in [0.15, 0.2) is 24.3 Å². The number of amides is 1. The summed E-state index contributed by atoms with van der Waals surface area (Å²) in [7, 11) is -3.51. The fourth-order valence-corrected chi connectivity index (χ4v) is 3.65. The molecule has 1 aromatic carbocycles. The van der Waals surface area contributed by atoms with Gasteiger partial charge in [-0.15, -0.1) is 0 Å². The molecule has 2 rings (SSSR count). The summed E-state index contributed by atoms with van der Waals surface area (Å²) in [5.41, 5.74) is 0.980. The molecule has 140 valence electrons. The van der Waals surface area contributed by atoms with Crippen LogP contribution in [0.1, 0.15) is 58.4 Å². The second kappa shape index (κ2) is 8.70. The molecule has 0 N–H and O–H groups in total. The van der Waals surface area contributed by atoms with Crippen LogP contribution < -0.4 is 4.18 Å². The van der Waals surface area contributed by atoms with Gasteiger partial charge in [0.2, 0.25) is 5.91 Å². The quantitative estimate of drug-likeness (QED) is 0.657. The summed E-state index contributed by atoms with van der Waals surface area (Å²) < 4.78 is 28.0. The molecule has 1 fully saturated rings. The molecule has 0 aromatic heterocycles. The van der Waals surface area contributed by atoms with Crippen molar-refractivity contribution in [2.75, 3.05) is 5.75 Å². The summed E-state index contributed by atoms with van der Waals surface area (Å²) in [6.07, 6.45) is 5.18. The second-order valence-electron chi connectivity index (χ2n) is 6.78. The minimum Gasteiger partial charge on any atom is -0.382 e. The van der Waals surface area contributed by atoms with E-state index in [9.17, 15) is 13.2 Å². The molecule has 6 heteroatoms. The van der Waals surface area contributed by atoms with Crippen LogP contribution in [0.2, 0.25) is 0 Å². The molecular formula is C19H29NO4S. The largest absolute Gasteiger partial charge is 0.382 e. The van der Waals surface area contributed by atoms with Crippen LogP contribution in [0, 0.1) is 5.92 Å². The molecule has 5 nitrogen and oxygen atoms in total. The van der Waals surface area contributed by atoms with E-state index in [4.69, 9.17) is 4.18 Å². The summed E-state index contributed by atoms with van der Waals surface area (Å²) in [5.74, 6) is 0.654. The summed E-state index contributed by atoms with van der Waals surface area (Å²) in [5, 5.41) is 0. The number of hydrogen-bond acceptors (Lipinski definition) is 4. The summed E-state index contributed by atoms with van der Waals surface area (Å²) >= 11 is 0. The summed E-state index contributed by atoms with van der Waals surface area (Å²) in [6.45, 7) is 6.26. The van der Waals surface area contributed by atoms with Crippen molar-refractivity contribution in [2.24, 2.45) is 5.92 Å². The van der Waals surface area contributed by atoms with Crippen molar-refractivity contribution in [1.29, 1.82) is 0 Å². The first kappa shape index (κ1) is 19.8. The highest BCUT2D eigenvalue weighted by molar-refractivity contribution is 7.87. The lowest BCUT2D eigenvalue weighted by Crippen LogP contribution is -2.40. The van der Waals surface area contributed by atoms with Gasteiger partial charge in [-0.1, -0.05) is 31.9 Å². The molecule has 25 heavy (non-hydrogen) atoms. The Kier molecular flexibility index (Phi) is 6.87. The van der Waals surface area contributed by atoms with Gasteiger partial charge in [0.1, 0.15) is 5.75 Å². The van der Waals surface area contributed by atoms with Gasteiger partial charge < -0.3 is 9.08 Å². The molecule has 0 heterocycles. The van der Waals surface area contributed by atoms with Crippen molar-refractivity contribution in [1.82, 2.24) is 4.90 Å². The first-order valence-electron chi connectivity index (χ1n) is 9.17. The predicted molar refractivity (Wildman–Crippen MR) is 98.8 cm³/mol. The smallest absolute Gasteiger partial charge is 0.308 e. The number of carbonyl (C=O) groups excluding carboxylic acids is 1. The van der Waals surface area contributed by atoms with Gasteiger partial charge >= 0.3 is 10.1 Å². The van der Waals surface area contributed by atoms with E-state index in [0.29, 0.717) is 12.3 Å². The Hall–Kier alpha value is -1.56. The monoisotopic (exact) mass is 367 g/mol. The lowest BCUT2D eigenvalue weighted by atomic mass is 10.0. The lowest BCUT2D eigenvalue weighted by Gasteiger charge is -2.31. The molecule has 1 aromatic rings. The molecule has 0 bridgehead atoms. The molecule has 1 aliphatic carbocycles. The van der Waals surface area contributed by atoms with Crippen molar-refractivity contribution >= 4 is 16.0 Å². The van der Waals surface area contributed by atoms with Crippen molar-refractivity contribution < 1.29 is 17.4 Å². The van der Waals surface area contributed by atoms with Crippen LogP contribution in [-0.4, -0.2) is 31.0 Å². The zero-order valence-electron chi connectivity index (χ0n) is 15.4. The molecule has 0 spiro atoms. The van der Waals surface area contributed by atoms with Crippen molar-refractivity contribution in [3.8, 4) is 5.75 Å². The normalized spacial score (nSPS) is 16.6.